The molecule has 0 aliphatic heterocycles. The molecular formula is C12H17NO3. The topological polar surface area (TPSA) is 49.8 Å². The minimum Gasteiger partial charge on any atom is -0.508 e. The van der Waals surface area contributed by atoms with Crippen LogP contribution in [0.25, 0.3) is 0 Å². The number of carbonyl (C=O) groups is 1. The number of carbonyl (C=O) groups excluding carboxylic acids is 1. The zero-order valence-electron chi connectivity index (χ0n) is 9.80. The van der Waals surface area contributed by atoms with Gasteiger partial charge in [-0.15, -0.1) is 0 Å². The van der Waals surface area contributed by atoms with Crippen LogP contribution in [-0.2, 0) is 4.74 Å². The Bertz CT molecular complexity index is 363. The van der Waals surface area contributed by atoms with Crippen molar-refractivity contribution in [2.75, 3.05) is 11.4 Å². The number of hydrogen-bond donors (Lipinski definition) is 1. The fraction of sp³-hybridized carbons (Fsp3) is 0.417. The van der Waals surface area contributed by atoms with Crippen LogP contribution in [0.3, 0.4) is 0 Å². The third kappa shape index (κ3) is 3.15. The molecule has 0 aromatic heterocycles. The summed E-state index contributed by atoms with van der Waals surface area (Å²) in [5.41, 5.74) is 0.633. The Morgan fingerprint density at radius 2 is 2.19 bits per heavy atom. The first-order chi connectivity index (χ1) is 7.54. The van der Waals surface area contributed by atoms with Crippen molar-refractivity contribution >= 4 is 11.8 Å². The van der Waals surface area contributed by atoms with Gasteiger partial charge >= 0.3 is 6.09 Å². The number of benzene rings is 1. The summed E-state index contributed by atoms with van der Waals surface area (Å²) in [5, 5.41) is 9.34. The van der Waals surface area contributed by atoms with E-state index in [0.717, 1.165) is 0 Å². The molecule has 0 aliphatic carbocycles. The van der Waals surface area contributed by atoms with Crippen LogP contribution in [-0.4, -0.2) is 23.8 Å². The summed E-state index contributed by atoms with van der Waals surface area (Å²) < 4.78 is 5.10. The van der Waals surface area contributed by atoms with Crippen LogP contribution in [0.2, 0.25) is 0 Å². The SMILES string of the molecule is CCN(C(=O)OC(C)C)c1cccc(O)c1. The van der Waals surface area contributed by atoms with Gasteiger partial charge in [-0.1, -0.05) is 6.07 Å². The van der Waals surface area contributed by atoms with E-state index in [1.54, 1.807) is 32.0 Å². The summed E-state index contributed by atoms with van der Waals surface area (Å²) in [5.74, 6) is 0.133. The molecule has 0 unspecified atom stereocenters. The molecule has 88 valence electrons. The number of nitrogens with zero attached hydrogens (tertiary/aromatic N) is 1. The standard InChI is InChI=1S/C12H17NO3/c1-4-13(12(15)16-9(2)3)10-6-5-7-11(14)8-10/h5-9,14H,4H2,1-3H3. The maximum absolute atomic E-state index is 11.7. The van der Waals surface area contributed by atoms with E-state index in [1.807, 2.05) is 6.92 Å². The van der Waals surface area contributed by atoms with Gasteiger partial charge in [0.2, 0.25) is 0 Å². The Morgan fingerprint density at radius 3 is 2.69 bits per heavy atom. The van der Waals surface area contributed by atoms with E-state index in [-0.39, 0.29) is 11.9 Å². The lowest BCUT2D eigenvalue weighted by Crippen LogP contribution is -2.32. The summed E-state index contributed by atoms with van der Waals surface area (Å²) in [6.45, 7) is 5.95. The average molecular weight is 223 g/mol. The van der Waals surface area contributed by atoms with Crippen LogP contribution in [0.5, 0.6) is 5.75 Å². The molecule has 0 heterocycles. The van der Waals surface area contributed by atoms with Gasteiger partial charge in [0.1, 0.15) is 5.75 Å². The molecule has 1 N–H and O–H groups in total. The molecule has 0 spiro atoms. The van der Waals surface area contributed by atoms with E-state index < -0.39 is 6.09 Å². The molecule has 4 heteroatoms. The lowest BCUT2D eigenvalue weighted by molar-refractivity contribution is 0.123. The van der Waals surface area contributed by atoms with E-state index in [2.05, 4.69) is 0 Å². The zero-order valence-corrected chi connectivity index (χ0v) is 9.80. The number of anilines is 1. The first-order valence-electron chi connectivity index (χ1n) is 5.31. The molecule has 0 bridgehead atoms. The Hall–Kier alpha value is -1.71. The molecule has 0 aliphatic rings. The second-order valence-corrected chi connectivity index (χ2v) is 3.70. The van der Waals surface area contributed by atoms with Crippen molar-refractivity contribution in [3.8, 4) is 5.75 Å². The number of hydrogen-bond acceptors (Lipinski definition) is 3. The van der Waals surface area contributed by atoms with Crippen LogP contribution in [0, 0.1) is 0 Å². The molecule has 16 heavy (non-hydrogen) atoms. The number of ether oxygens (including phenoxy) is 1. The van der Waals surface area contributed by atoms with E-state index in [9.17, 15) is 9.90 Å². The molecule has 1 aromatic carbocycles. The fourth-order valence-electron chi connectivity index (χ4n) is 1.34. The Labute approximate surface area is 95.5 Å². The van der Waals surface area contributed by atoms with Crippen molar-refractivity contribution in [3.63, 3.8) is 0 Å². The minimum absolute atomic E-state index is 0.133. The largest absolute Gasteiger partial charge is 0.508 e. The first kappa shape index (κ1) is 12.4. The summed E-state index contributed by atoms with van der Waals surface area (Å²) in [7, 11) is 0. The van der Waals surface area contributed by atoms with Crippen LogP contribution in [0.4, 0.5) is 10.5 Å². The quantitative estimate of drug-likeness (QED) is 0.857. The maximum atomic E-state index is 11.7. The highest BCUT2D eigenvalue weighted by Crippen LogP contribution is 2.20. The van der Waals surface area contributed by atoms with Crippen molar-refractivity contribution in [2.24, 2.45) is 0 Å². The summed E-state index contributed by atoms with van der Waals surface area (Å²) in [4.78, 5) is 13.2. The number of aromatic hydroxyl groups is 1. The normalized spacial score (nSPS) is 10.2. The smallest absolute Gasteiger partial charge is 0.414 e. The maximum Gasteiger partial charge on any atom is 0.414 e. The van der Waals surface area contributed by atoms with Crippen LogP contribution < -0.4 is 4.90 Å². The molecule has 1 aromatic rings. The molecule has 1 rings (SSSR count). The van der Waals surface area contributed by atoms with E-state index in [0.29, 0.717) is 12.2 Å². The fourth-order valence-corrected chi connectivity index (χ4v) is 1.34. The van der Waals surface area contributed by atoms with Crippen LogP contribution >= 0.6 is 0 Å². The van der Waals surface area contributed by atoms with Gasteiger partial charge in [0.05, 0.1) is 11.8 Å². The third-order valence-corrected chi connectivity index (χ3v) is 2.01. The van der Waals surface area contributed by atoms with Crippen molar-refractivity contribution < 1.29 is 14.6 Å². The van der Waals surface area contributed by atoms with Gasteiger partial charge in [-0.05, 0) is 32.9 Å². The van der Waals surface area contributed by atoms with E-state index >= 15 is 0 Å². The predicted octanol–water partition coefficient (Wildman–Crippen LogP) is 2.76. The van der Waals surface area contributed by atoms with Gasteiger partial charge in [0.15, 0.2) is 0 Å². The van der Waals surface area contributed by atoms with Crippen molar-refractivity contribution in [3.05, 3.63) is 24.3 Å². The average Bonchev–Trinajstić information content (AvgIpc) is 2.17. The summed E-state index contributed by atoms with van der Waals surface area (Å²) in [6, 6.07) is 6.54. The molecule has 0 saturated heterocycles. The minimum atomic E-state index is -0.400. The van der Waals surface area contributed by atoms with Gasteiger partial charge in [-0.2, -0.15) is 0 Å². The van der Waals surface area contributed by atoms with Crippen molar-refractivity contribution in [1.29, 1.82) is 0 Å². The molecule has 0 fully saturated rings. The highest BCUT2D eigenvalue weighted by Gasteiger charge is 2.16. The monoisotopic (exact) mass is 223 g/mol. The number of amides is 1. The Balaban J connectivity index is 2.85. The van der Waals surface area contributed by atoms with Gasteiger partial charge in [-0.25, -0.2) is 4.79 Å². The van der Waals surface area contributed by atoms with Crippen LogP contribution in [0.15, 0.2) is 24.3 Å². The highest BCUT2D eigenvalue weighted by molar-refractivity contribution is 5.87. The Kier molecular flexibility index (Phi) is 4.17. The van der Waals surface area contributed by atoms with Crippen molar-refractivity contribution in [2.45, 2.75) is 26.9 Å². The molecule has 1 amide bonds. The second-order valence-electron chi connectivity index (χ2n) is 3.70. The lowest BCUT2D eigenvalue weighted by atomic mass is 10.3. The van der Waals surface area contributed by atoms with Gasteiger partial charge in [0, 0.05) is 12.6 Å². The zero-order chi connectivity index (χ0) is 12.1. The number of rotatable bonds is 3. The van der Waals surface area contributed by atoms with Crippen LogP contribution in [0.1, 0.15) is 20.8 Å². The first-order valence-corrected chi connectivity index (χ1v) is 5.31. The van der Waals surface area contributed by atoms with E-state index in [1.165, 1.54) is 11.0 Å². The molecular weight excluding hydrogens is 206 g/mol. The predicted molar refractivity (Wildman–Crippen MR) is 62.7 cm³/mol. The molecule has 0 saturated carbocycles. The van der Waals surface area contributed by atoms with E-state index in [4.69, 9.17) is 4.74 Å². The lowest BCUT2D eigenvalue weighted by Gasteiger charge is -2.21. The highest BCUT2D eigenvalue weighted by atomic mass is 16.6. The molecule has 0 atom stereocenters. The summed E-state index contributed by atoms with van der Waals surface area (Å²) >= 11 is 0. The number of phenolic OH excluding ortho intramolecular Hbond substituents is 1. The van der Waals surface area contributed by atoms with Gasteiger partial charge in [0.25, 0.3) is 0 Å². The molecule has 4 nitrogen and oxygen atoms in total. The Morgan fingerprint density at radius 1 is 1.50 bits per heavy atom. The van der Waals surface area contributed by atoms with Crippen molar-refractivity contribution in [1.82, 2.24) is 0 Å². The number of phenols is 1. The summed E-state index contributed by atoms with van der Waals surface area (Å²) in [6.07, 6.45) is -0.554. The third-order valence-electron chi connectivity index (χ3n) is 2.01. The van der Waals surface area contributed by atoms with Gasteiger partial charge < -0.3 is 9.84 Å². The molecule has 0 radical (unpaired) electrons. The second kappa shape index (κ2) is 5.39. The van der Waals surface area contributed by atoms with Gasteiger partial charge in [-0.3, -0.25) is 4.90 Å².